The molecule has 5 nitrogen and oxygen atoms in total. The van der Waals surface area contributed by atoms with E-state index in [1.54, 1.807) is 18.9 Å². The maximum atomic E-state index is 5.06. The van der Waals surface area contributed by atoms with Crippen molar-refractivity contribution in [1.29, 1.82) is 0 Å². The maximum Gasteiger partial charge on any atom is 0.321 e. The predicted molar refractivity (Wildman–Crippen MR) is 70.7 cm³/mol. The SMILES string of the molecule is COCCNc1nc(CSc2ccccc2)no1. The molecule has 0 aliphatic rings. The summed E-state index contributed by atoms with van der Waals surface area (Å²) >= 11 is 1.68. The Balaban J connectivity index is 1.80. The van der Waals surface area contributed by atoms with Gasteiger partial charge in [-0.15, -0.1) is 11.8 Å². The fourth-order valence-electron chi connectivity index (χ4n) is 1.31. The molecule has 0 aliphatic carbocycles. The topological polar surface area (TPSA) is 60.2 Å². The van der Waals surface area contributed by atoms with Crippen LogP contribution in [0.25, 0.3) is 0 Å². The van der Waals surface area contributed by atoms with Crippen molar-refractivity contribution in [1.82, 2.24) is 10.1 Å². The van der Waals surface area contributed by atoms with Gasteiger partial charge in [-0.05, 0) is 12.1 Å². The first-order valence-corrected chi connectivity index (χ1v) is 6.60. The van der Waals surface area contributed by atoms with E-state index in [0.717, 1.165) is 0 Å². The summed E-state index contributed by atoms with van der Waals surface area (Å²) in [6, 6.07) is 10.6. The number of rotatable bonds is 7. The molecule has 6 heteroatoms. The third-order valence-electron chi connectivity index (χ3n) is 2.16. The minimum atomic E-state index is 0.440. The molecule has 0 saturated carbocycles. The van der Waals surface area contributed by atoms with Crippen LogP contribution in [0.2, 0.25) is 0 Å². The Morgan fingerprint density at radius 2 is 2.17 bits per heavy atom. The number of thioether (sulfide) groups is 1. The molecule has 2 aromatic rings. The van der Waals surface area contributed by atoms with Gasteiger partial charge in [0.15, 0.2) is 5.82 Å². The number of ether oxygens (including phenoxy) is 1. The van der Waals surface area contributed by atoms with E-state index in [1.165, 1.54) is 4.90 Å². The highest BCUT2D eigenvalue weighted by molar-refractivity contribution is 7.98. The Labute approximate surface area is 110 Å². The van der Waals surface area contributed by atoms with Gasteiger partial charge in [0.25, 0.3) is 0 Å². The zero-order valence-electron chi connectivity index (χ0n) is 10.1. The van der Waals surface area contributed by atoms with E-state index in [9.17, 15) is 0 Å². The molecule has 0 unspecified atom stereocenters. The lowest BCUT2D eigenvalue weighted by Gasteiger charge is -1.98. The lowest BCUT2D eigenvalue weighted by Crippen LogP contribution is -2.07. The summed E-state index contributed by atoms with van der Waals surface area (Å²) in [6.45, 7) is 1.26. The first kappa shape index (κ1) is 12.9. The van der Waals surface area contributed by atoms with Crippen molar-refractivity contribution in [3.63, 3.8) is 0 Å². The van der Waals surface area contributed by atoms with Gasteiger partial charge in [-0.2, -0.15) is 4.98 Å². The quantitative estimate of drug-likeness (QED) is 0.613. The minimum absolute atomic E-state index is 0.440. The molecule has 0 atom stereocenters. The summed E-state index contributed by atoms with van der Waals surface area (Å²) in [5, 5.41) is 6.89. The molecular weight excluding hydrogens is 250 g/mol. The highest BCUT2D eigenvalue weighted by Gasteiger charge is 2.05. The smallest absolute Gasteiger partial charge is 0.321 e. The number of benzene rings is 1. The van der Waals surface area contributed by atoms with Crippen LogP contribution in [-0.4, -0.2) is 30.4 Å². The van der Waals surface area contributed by atoms with Gasteiger partial charge in [0.2, 0.25) is 0 Å². The Morgan fingerprint density at radius 1 is 1.33 bits per heavy atom. The van der Waals surface area contributed by atoms with E-state index >= 15 is 0 Å². The van der Waals surface area contributed by atoms with Gasteiger partial charge in [0.1, 0.15) is 0 Å². The summed E-state index contributed by atoms with van der Waals surface area (Å²) in [5.74, 6) is 1.38. The number of nitrogens with zero attached hydrogens (tertiary/aromatic N) is 2. The zero-order chi connectivity index (χ0) is 12.6. The van der Waals surface area contributed by atoms with Crippen molar-refractivity contribution in [2.24, 2.45) is 0 Å². The molecule has 1 N–H and O–H groups in total. The van der Waals surface area contributed by atoms with Gasteiger partial charge in [-0.25, -0.2) is 0 Å². The Hall–Kier alpha value is -1.53. The minimum Gasteiger partial charge on any atom is -0.383 e. The van der Waals surface area contributed by atoms with E-state index in [2.05, 4.69) is 27.6 Å². The van der Waals surface area contributed by atoms with E-state index in [1.807, 2.05) is 18.2 Å². The predicted octanol–water partition coefficient (Wildman–Crippen LogP) is 2.42. The number of methoxy groups -OCH3 is 1. The molecule has 0 aliphatic heterocycles. The van der Waals surface area contributed by atoms with Gasteiger partial charge in [-0.1, -0.05) is 23.4 Å². The maximum absolute atomic E-state index is 5.06. The average Bonchev–Trinajstić information content (AvgIpc) is 2.86. The molecule has 0 radical (unpaired) electrons. The summed E-state index contributed by atoms with van der Waals surface area (Å²) in [4.78, 5) is 5.42. The Kier molecular flexibility index (Phi) is 5.04. The Morgan fingerprint density at radius 3 is 2.94 bits per heavy atom. The largest absolute Gasteiger partial charge is 0.383 e. The molecule has 1 aromatic carbocycles. The van der Waals surface area contributed by atoms with Crippen LogP contribution in [-0.2, 0) is 10.5 Å². The molecule has 0 amide bonds. The highest BCUT2D eigenvalue weighted by atomic mass is 32.2. The number of aromatic nitrogens is 2. The first-order chi connectivity index (χ1) is 8.88. The van der Waals surface area contributed by atoms with Crippen LogP contribution in [0, 0.1) is 0 Å². The van der Waals surface area contributed by atoms with Crippen LogP contribution in [0.3, 0.4) is 0 Å². The molecular formula is C12H15N3O2S. The molecule has 0 spiro atoms. The summed E-state index contributed by atoms with van der Waals surface area (Å²) in [7, 11) is 1.65. The van der Waals surface area contributed by atoms with Crippen LogP contribution in [0.15, 0.2) is 39.8 Å². The van der Waals surface area contributed by atoms with E-state index in [-0.39, 0.29) is 0 Å². The van der Waals surface area contributed by atoms with Crippen LogP contribution in [0.4, 0.5) is 6.01 Å². The molecule has 1 aromatic heterocycles. The third kappa shape index (κ3) is 4.05. The van der Waals surface area contributed by atoms with Crippen molar-refractivity contribution in [2.45, 2.75) is 10.6 Å². The van der Waals surface area contributed by atoms with Crippen LogP contribution in [0.1, 0.15) is 5.82 Å². The van der Waals surface area contributed by atoms with Gasteiger partial charge in [0.05, 0.1) is 12.4 Å². The summed E-state index contributed by atoms with van der Waals surface area (Å²) < 4.78 is 9.98. The lowest BCUT2D eigenvalue weighted by molar-refractivity contribution is 0.210. The molecule has 2 rings (SSSR count). The zero-order valence-corrected chi connectivity index (χ0v) is 10.9. The second-order valence-corrected chi connectivity index (χ2v) is 4.59. The third-order valence-corrected chi connectivity index (χ3v) is 3.17. The van der Waals surface area contributed by atoms with Gasteiger partial charge < -0.3 is 14.6 Å². The number of nitrogens with one attached hydrogen (secondary N) is 1. The van der Waals surface area contributed by atoms with Gasteiger partial charge >= 0.3 is 6.01 Å². The molecule has 0 fully saturated rings. The van der Waals surface area contributed by atoms with Crippen molar-refractivity contribution in [2.75, 3.05) is 25.6 Å². The van der Waals surface area contributed by atoms with Crippen molar-refractivity contribution in [3.05, 3.63) is 36.2 Å². The number of hydrogen-bond acceptors (Lipinski definition) is 6. The number of anilines is 1. The standard InChI is InChI=1S/C12H15N3O2S/c1-16-8-7-13-12-14-11(15-17-12)9-18-10-5-3-2-4-6-10/h2-6H,7-9H2,1H3,(H,13,14,15). The monoisotopic (exact) mass is 265 g/mol. The van der Waals surface area contributed by atoms with E-state index < -0.39 is 0 Å². The molecule has 0 bridgehead atoms. The van der Waals surface area contributed by atoms with Crippen LogP contribution < -0.4 is 5.32 Å². The van der Waals surface area contributed by atoms with Gasteiger partial charge in [0, 0.05) is 18.6 Å². The lowest BCUT2D eigenvalue weighted by atomic mass is 10.4. The van der Waals surface area contributed by atoms with Crippen molar-refractivity contribution < 1.29 is 9.26 Å². The second kappa shape index (κ2) is 7.03. The molecule has 0 saturated heterocycles. The fraction of sp³-hybridized carbons (Fsp3) is 0.333. The number of hydrogen-bond donors (Lipinski definition) is 1. The van der Waals surface area contributed by atoms with Crippen LogP contribution >= 0.6 is 11.8 Å². The normalized spacial score (nSPS) is 10.5. The van der Waals surface area contributed by atoms with Gasteiger partial charge in [-0.3, -0.25) is 0 Å². The van der Waals surface area contributed by atoms with Crippen LogP contribution in [0.5, 0.6) is 0 Å². The Bertz CT molecular complexity index is 461. The summed E-state index contributed by atoms with van der Waals surface area (Å²) in [5.41, 5.74) is 0. The molecule has 1 heterocycles. The molecule has 18 heavy (non-hydrogen) atoms. The highest BCUT2D eigenvalue weighted by Crippen LogP contribution is 2.21. The average molecular weight is 265 g/mol. The molecule has 96 valence electrons. The first-order valence-electron chi connectivity index (χ1n) is 5.62. The second-order valence-electron chi connectivity index (χ2n) is 3.54. The van der Waals surface area contributed by atoms with E-state index in [0.29, 0.717) is 30.7 Å². The summed E-state index contributed by atoms with van der Waals surface area (Å²) in [6.07, 6.45) is 0. The van der Waals surface area contributed by atoms with Crippen molar-refractivity contribution >= 4 is 17.8 Å². The fourth-order valence-corrected chi connectivity index (χ4v) is 2.07. The van der Waals surface area contributed by atoms with Crippen molar-refractivity contribution in [3.8, 4) is 0 Å². The van der Waals surface area contributed by atoms with E-state index in [4.69, 9.17) is 9.26 Å².